The van der Waals surface area contributed by atoms with Gasteiger partial charge < -0.3 is 14.8 Å². The van der Waals surface area contributed by atoms with Gasteiger partial charge in [0, 0.05) is 6.04 Å². The molecule has 100 valence electrons. The van der Waals surface area contributed by atoms with Crippen molar-refractivity contribution in [3.05, 3.63) is 23.8 Å². The van der Waals surface area contributed by atoms with Crippen LogP contribution >= 0.6 is 0 Å². The summed E-state index contributed by atoms with van der Waals surface area (Å²) in [5.41, 5.74) is 1.30. The van der Waals surface area contributed by atoms with Crippen LogP contribution in [-0.4, -0.2) is 19.8 Å². The maximum atomic E-state index is 5.64. The second-order valence-corrected chi connectivity index (χ2v) is 4.70. The molecule has 0 amide bonds. The lowest BCUT2D eigenvalue weighted by molar-refractivity contribution is 0.171. The van der Waals surface area contributed by atoms with E-state index >= 15 is 0 Å². The number of nitrogens with one attached hydrogen (secondary N) is 1. The van der Waals surface area contributed by atoms with E-state index in [1.807, 2.05) is 6.07 Å². The summed E-state index contributed by atoms with van der Waals surface area (Å²) >= 11 is 0. The third-order valence-electron chi connectivity index (χ3n) is 3.19. The molecule has 3 nitrogen and oxygen atoms in total. The molecule has 1 N–H and O–H groups in total. The molecule has 0 aliphatic carbocycles. The van der Waals surface area contributed by atoms with Gasteiger partial charge in [0.1, 0.15) is 13.2 Å². The van der Waals surface area contributed by atoms with Crippen molar-refractivity contribution in [3.8, 4) is 11.5 Å². The van der Waals surface area contributed by atoms with Crippen molar-refractivity contribution in [3.63, 3.8) is 0 Å². The van der Waals surface area contributed by atoms with Gasteiger partial charge in [-0.25, -0.2) is 0 Å². The zero-order valence-electron chi connectivity index (χ0n) is 11.4. The highest BCUT2D eigenvalue weighted by Crippen LogP contribution is 2.33. The van der Waals surface area contributed by atoms with Crippen molar-refractivity contribution in [2.75, 3.05) is 19.8 Å². The average Bonchev–Trinajstić information content (AvgIpc) is 2.43. The molecule has 0 aromatic heterocycles. The SMILES string of the molecule is CCCNC(CCC)c1ccc2c(c1)OCCO2. The van der Waals surface area contributed by atoms with Crippen LogP contribution in [0, 0.1) is 0 Å². The predicted molar refractivity (Wildman–Crippen MR) is 73.4 cm³/mol. The van der Waals surface area contributed by atoms with Gasteiger partial charge in [-0.15, -0.1) is 0 Å². The van der Waals surface area contributed by atoms with Crippen LogP contribution < -0.4 is 14.8 Å². The maximum Gasteiger partial charge on any atom is 0.161 e. The maximum absolute atomic E-state index is 5.64. The van der Waals surface area contributed by atoms with Crippen molar-refractivity contribution in [1.82, 2.24) is 5.32 Å². The summed E-state index contributed by atoms with van der Waals surface area (Å²) in [6, 6.07) is 6.72. The van der Waals surface area contributed by atoms with Gasteiger partial charge in [0.2, 0.25) is 0 Å². The number of ether oxygens (including phenoxy) is 2. The van der Waals surface area contributed by atoms with Gasteiger partial charge in [-0.3, -0.25) is 0 Å². The van der Waals surface area contributed by atoms with Crippen LogP contribution in [0.1, 0.15) is 44.7 Å². The van der Waals surface area contributed by atoms with E-state index in [1.165, 1.54) is 12.0 Å². The van der Waals surface area contributed by atoms with Gasteiger partial charge in [0.15, 0.2) is 11.5 Å². The van der Waals surface area contributed by atoms with E-state index < -0.39 is 0 Å². The Morgan fingerprint density at radius 2 is 1.89 bits per heavy atom. The van der Waals surface area contributed by atoms with E-state index in [0.717, 1.165) is 30.9 Å². The van der Waals surface area contributed by atoms with Gasteiger partial charge >= 0.3 is 0 Å². The molecular formula is C15H23NO2. The molecule has 1 aliphatic rings. The summed E-state index contributed by atoms with van der Waals surface area (Å²) in [6.07, 6.45) is 3.49. The molecule has 0 saturated heterocycles. The zero-order chi connectivity index (χ0) is 12.8. The van der Waals surface area contributed by atoms with E-state index in [1.54, 1.807) is 0 Å². The topological polar surface area (TPSA) is 30.5 Å². The van der Waals surface area contributed by atoms with Crippen LogP contribution in [0.5, 0.6) is 11.5 Å². The van der Waals surface area contributed by atoms with E-state index in [4.69, 9.17) is 9.47 Å². The molecule has 1 aromatic carbocycles. The minimum absolute atomic E-state index is 0.422. The van der Waals surface area contributed by atoms with Gasteiger partial charge in [-0.05, 0) is 37.1 Å². The molecule has 3 heteroatoms. The van der Waals surface area contributed by atoms with Crippen molar-refractivity contribution in [2.45, 2.75) is 39.2 Å². The molecule has 0 saturated carbocycles. The highest BCUT2D eigenvalue weighted by Gasteiger charge is 2.15. The number of benzene rings is 1. The lowest BCUT2D eigenvalue weighted by Gasteiger charge is -2.22. The van der Waals surface area contributed by atoms with E-state index in [2.05, 4.69) is 31.3 Å². The van der Waals surface area contributed by atoms with Crippen LogP contribution in [-0.2, 0) is 0 Å². The summed E-state index contributed by atoms with van der Waals surface area (Å²) in [5, 5.41) is 3.60. The van der Waals surface area contributed by atoms with Crippen LogP contribution in [0.3, 0.4) is 0 Å². The molecule has 1 atom stereocenters. The monoisotopic (exact) mass is 249 g/mol. The molecular weight excluding hydrogens is 226 g/mol. The minimum atomic E-state index is 0.422. The standard InChI is InChI=1S/C15H23NO2/c1-3-5-13(16-8-4-2)12-6-7-14-15(11-12)18-10-9-17-14/h6-7,11,13,16H,3-5,8-10H2,1-2H3. The highest BCUT2D eigenvalue weighted by molar-refractivity contribution is 5.44. The van der Waals surface area contributed by atoms with Gasteiger partial charge in [0.25, 0.3) is 0 Å². The lowest BCUT2D eigenvalue weighted by Crippen LogP contribution is -2.22. The minimum Gasteiger partial charge on any atom is -0.486 e. The van der Waals surface area contributed by atoms with E-state index in [0.29, 0.717) is 19.3 Å². The summed E-state index contributed by atoms with van der Waals surface area (Å²) < 4.78 is 11.2. The molecule has 1 aromatic rings. The Morgan fingerprint density at radius 1 is 1.11 bits per heavy atom. The Kier molecular flexibility index (Phi) is 4.88. The fourth-order valence-corrected chi connectivity index (χ4v) is 2.27. The molecule has 0 radical (unpaired) electrons. The van der Waals surface area contributed by atoms with Crippen molar-refractivity contribution in [2.24, 2.45) is 0 Å². The first-order valence-corrected chi connectivity index (χ1v) is 6.98. The second kappa shape index (κ2) is 6.64. The van der Waals surface area contributed by atoms with Crippen LogP contribution in [0.4, 0.5) is 0 Å². The molecule has 1 aliphatic heterocycles. The Morgan fingerprint density at radius 3 is 2.61 bits per heavy atom. The summed E-state index contributed by atoms with van der Waals surface area (Å²) in [7, 11) is 0. The number of hydrogen-bond donors (Lipinski definition) is 1. The summed E-state index contributed by atoms with van der Waals surface area (Å²) in [6.45, 7) is 6.77. The third-order valence-corrected chi connectivity index (χ3v) is 3.19. The summed E-state index contributed by atoms with van der Waals surface area (Å²) in [4.78, 5) is 0. The van der Waals surface area contributed by atoms with Crippen molar-refractivity contribution < 1.29 is 9.47 Å². The predicted octanol–water partition coefficient (Wildman–Crippen LogP) is 3.30. The van der Waals surface area contributed by atoms with E-state index in [-0.39, 0.29) is 0 Å². The fraction of sp³-hybridized carbons (Fsp3) is 0.600. The van der Waals surface area contributed by atoms with Gasteiger partial charge in [0.05, 0.1) is 0 Å². The Hall–Kier alpha value is -1.22. The zero-order valence-corrected chi connectivity index (χ0v) is 11.4. The van der Waals surface area contributed by atoms with Crippen molar-refractivity contribution in [1.29, 1.82) is 0 Å². The van der Waals surface area contributed by atoms with Gasteiger partial charge in [-0.1, -0.05) is 26.3 Å². The van der Waals surface area contributed by atoms with Crippen LogP contribution in [0.25, 0.3) is 0 Å². The Bertz CT molecular complexity index is 379. The van der Waals surface area contributed by atoms with Crippen LogP contribution in [0.2, 0.25) is 0 Å². The third kappa shape index (κ3) is 3.16. The van der Waals surface area contributed by atoms with E-state index in [9.17, 15) is 0 Å². The Balaban J connectivity index is 2.13. The molecule has 0 spiro atoms. The normalized spacial score (nSPS) is 15.4. The smallest absolute Gasteiger partial charge is 0.161 e. The first kappa shape index (κ1) is 13.2. The number of rotatable bonds is 6. The number of fused-ring (bicyclic) bond motifs is 1. The molecule has 0 bridgehead atoms. The second-order valence-electron chi connectivity index (χ2n) is 4.70. The molecule has 0 fully saturated rings. The molecule has 18 heavy (non-hydrogen) atoms. The summed E-state index contributed by atoms with van der Waals surface area (Å²) in [5.74, 6) is 1.76. The highest BCUT2D eigenvalue weighted by atomic mass is 16.6. The molecule has 1 unspecified atom stereocenters. The van der Waals surface area contributed by atoms with Crippen LogP contribution in [0.15, 0.2) is 18.2 Å². The molecule has 1 heterocycles. The fourth-order valence-electron chi connectivity index (χ4n) is 2.27. The largest absolute Gasteiger partial charge is 0.486 e. The quantitative estimate of drug-likeness (QED) is 0.839. The number of hydrogen-bond acceptors (Lipinski definition) is 3. The van der Waals surface area contributed by atoms with Gasteiger partial charge in [-0.2, -0.15) is 0 Å². The van der Waals surface area contributed by atoms with Crippen molar-refractivity contribution >= 4 is 0 Å². The Labute approximate surface area is 109 Å². The average molecular weight is 249 g/mol. The molecule has 2 rings (SSSR count). The first-order valence-electron chi connectivity index (χ1n) is 6.98. The lowest BCUT2D eigenvalue weighted by atomic mass is 10.0. The first-order chi connectivity index (χ1) is 8.85.